The van der Waals surface area contributed by atoms with E-state index in [0.717, 1.165) is 25.9 Å². The molecule has 4 heteroatoms. The van der Waals surface area contributed by atoms with E-state index in [1.165, 1.54) is 0 Å². The van der Waals surface area contributed by atoms with Crippen molar-refractivity contribution in [2.24, 2.45) is 11.8 Å². The van der Waals surface area contributed by atoms with E-state index in [-0.39, 0.29) is 17.9 Å². The molecule has 0 spiro atoms. The summed E-state index contributed by atoms with van der Waals surface area (Å²) in [4.78, 5) is 16.3. The number of carbonyl (C=O) groups is 1. The van der Waals surface area contributed by atoms with Gasteiger partial charge in [0.25, 0.3) is 0 Å². The van der Waals surface area contributed by atoms with Crippen LogP contribution in [-0.2, 0) is 4.79 Å². The molecule has 1 amide bonds. The van der Waals surface area contributed by atoms with Gasteiger partial charge in [0.15, 0.2) is 0 Å². The van der Waals surface area contributed by atoms with E-state index < -0.39 is 5.92 Å². The van der Waals surface area contributed by atoms with Crippen molar-refractivity contribution in [2.45, 2.75) is 32.7 Å². The molecule has 0 aromatic heterocycles. The van der Waals surface area contributed by atoms with Crippen LogP contribution in [-0.4, -0.2) is 48.9 Å². The minimum Gasteiger partial charge on any atom is -0.337 e. The van der Waals surface area contributed by atoms with Crippen molar-refractivity contribution < 1.29 is 4.79 Å². The van der Waals surface area contributed by atoms with E-state index >= 15 is 0 Å². The second-order valence-corrected chi connectivity index (χ2v) is 5.44. The highest BCUT2D eigenvalue weighted by Gasteiger charge is 2.34. The fraction of sp³-hybridized carbons (Fsp3) is 0.846. The molecule has 1 aliphatic heterocycles. The Hall–Kier alpha value is -1.08. The summed E-state index contributed by atoms with van der Waals surface area (Å²) in [6, 6.07) is 2.43. The molecule has 1 saturated heterocycles. The van der Waals surface area contributed by atoms with Crippen molar-refractivity contribution in [2.75, 3.05) is 27.2 Å². The summed E-state index contributed by atoms with van der Waals surface area (Å²) in [6.07, 6.45) is 2.11. The third-order valence-corrected chi connectivity index (χ3v) is 3.31. The summed E-state index contributed by atoms with van der Waals surface area (Å²) >= 11 is 0. The van der Waals surface area contributed by atoms with Gasteiger partial charge in [0.1, 0.15) is 5.92 Å². The molecule has 1 aliphatic rings. The second kappa shape index (κ2) is 6.02. The van der Waals surface area contributed by atoms with Crippen molar-refractivity contribution in [3.63, 3.8) is 0 Å². The Morgan fingerprint density at radius 2 is 2.18 bits per heavy atom. The summed E-state index contributed by atoms with van der Waals surface area (Å²) in [6.45, 7) is 5.57. The zero-order valence-corrected chi connectivity index (χ0v) is 11.3. The fourth-order valence-corrected chi connectivity index (χ4v) is 2.41. The molecule has 1 fully saturated rings. The standard InChI is InChI=1S/C13H23N3O/c1-10(2)12(8-14)13(17)16-7-5-6-11(16)9-15(3)4/h10-12H,5-7,9H2,1-4H3. The molecule has 0 saturated carbocycles. The van der Waals surface area contributed by atoms with Gasteiger partial charge in [-0.2, -0.15) is 5.26 Å². The first kappa shape index (κ1) is 14.0. The number of nitriles is 1. The van der Waals surface area contributed by atoms with Crippen LogP contribution in [0, 0.1) is 23.2 Å². The summed E-state index contributed by atoms with van der Waals surface area (Å²) in [5.41, 5.74) is 0. The molecule has 0 aromatic carbocycles. The van der Waals surface area contributed by atoms with E-state index in [1.54, 1.807) is 0 Å². The molecule has 0 bridgehead atoms. The molecule has 96 valence electrons. The van der Waals surface area contributed by atoms with Gasteiger partial charge in [-0.1, -0.05) is 13.8 Å². The van der Waals surface area contributed by atoms with Crippen LogP contribution in [0.5, 0.6) is 0 Å². The molecule has 17 heavy (non-hydrogen) atoms. The highest BCUT2D eigenvalue weighted by atomic mass is 16.2. The van der Waals surface area contributed by atoms with Crippen LogP contribution in [0.4, 0.5) is 0 Å². The summed E-state index contributed by atoms with van der Waals surface area (Å²) in [7, 11) is 4.04. The first-order valence-electron chi connectivity index (χ1n) is 6.32. The zero-order valence-electron chi connectivity index (χ0n) is 11.3. The lowest BCUT2D eigenvalue weighted by Gasteiger charge is -2.29. The third kappa shape index (κ3) is 3.44. The smallest absolute Gasteiger partial charge is 0.240 e. The molecule has 0 radical (unpaired) electrons. The first-order chi connectivity index (χ1) is 7.97. The molecule has 1 heterocycles. The van der Waals surface area contributed by atoms with Gasteiger partial charge in [0.2, 0.25) is 5.91 Å². The van der Waals surface area contributed by atoms with Crippen molar-refractivity contribution in [3.05, 3.63) is 0 Å². The highest BCUT2D eigenvalue weighted by molar-refractivity contribution is 5.82. The zero-order chi connectivity index (χ0) is 13.0. The average molecular weight is 237 g/mol. The van der Waals surface area contributed by atoms with Crippen LogP contribution in [0.3, 0.4) is 0 Å². The van der Waals surface area contributed by atoms with Gasteiger partial charge in [0.05, 0.1) is 6.07 Å². The number of amides is 1. The van der Waals surface area contributed by atoms with E-state index in [2.05, 4.69) is 11.0 Å². The Morgan fingerprint density at radius 1 is 1.53 bits per heavy atom. The quantitative estimate of drug-likeness (QED) is 0.741. The first-order valence-corrected chi connectivity index (χ1v) is 6.32. The van der Waals surface area contributed by atoms with Gasteiger partial charge in [-0.15, -0.1) is 0 Å². The van der Waals surface area contributed by atoms with Crippen LogP contribution in [0.2, 0.25) is 0 Å². The molecular weight excluding hydrogens is 214 g/mol. The Balaban J connectivity index is 2.70. The van der Waals surface area contributed by atoms with Gasteiger partial charge in [-0.3, -0.25) is 4.79 Å². The predicted octanol–water partition coefficient (Wildman–Crippen LogP) is 1.33. The Labute approximate surface area is 104 Å². The molecule has 0 aliphatic carbocycles. The molecule has 0 aromatic rings. The summed E-state index contributed by atoms with van der Waals surface area (Å²) in [5, 5.41) is 9.09. The van der Waals surface area contributed by atoms with Gasteiger partial charge in [0, 0.05) is 19.1 Å². The molecule has 2 unspecified atom stereocenters. The summed E-state index contributed by atoms with van der Waals surface area (Å²) < 4.78 is 0. The van der Waals surface area contributed by atoms with Gasteiger partial charge < -0.3 is 9.80 Å². The molecule has 1 rings (SSSR count). The lowest BCUT2D eigenvalue weighted by Crippen LogP contribution is -2.44. The molecule has 2 atom stereocenters. The molecule has 0 N–H and O–H groups in total. The monoisotopic (exact) mass is 237 g/mol. The van der Waals surface area contributed by atoms with Crippen LogP contribution in [0.25, 0.3) is 0 Å². The highest BCUT2D eigenvalue weighted by Crippen LogP contribution is 2.22. The number of nitrogens with zero attached hydrogens (tertiary/aromatic N) is 3. The Kier molecular flexibility index (Phi) is 4.95. The predicted molar refractivity (Wildman–Crippen MR) is 67.2 cm³/mol. The van der Waals surface area contributed by atoms with E-state index in [0.29, 0.717) is 0 Å². The minimum absolute atomic E-state index is 0.0202. The number of hydrogen-bond acceptors (Lipinski definition) is 3. The van der Waals surface area contributed by atoms with Gasteiger partial charge in [-0.25, -0.2) is 0 Å². The number of carbonyl (C=O) groups excluding carboxylic acids is 1. The summed E-state index contributed by atoms with van der Waals surface area (Å²) in [5.74, 6) is -0.377. The van der Waals surface area contributed by atoms with Crippen molar-refractivity contribution >= 4 is 5.91 Å². The van der Waals surface area contributed by atoms with Gasteiger partial charge in [-0.05, 0) is 32.9 Å². The number of likely N-dealkylation sites (tertiary alicyclic amines) is 1. The lowest BCUT2D eigenvalue weighted by molar-refractivity contribution is -0.135. The maximum absolute atomic E-state index is 12.3. The Morgan fingerprint density at radius 3 is 2.65 bits per heavy atom. The normalized spacial score (nSPS) is 21.9. The maximum atomic E-state index is 12.3. The molecular formula is C13H23N3O. The van der Waals surface area contributed by atoms with Crippen LogP contribution < -0.4 is 0 Å². The van der Waals surface area contributed by atoms with Gasteiger partial charge >= 0.3 is 0 Å². The van der Waals surface area contributed by atoms with Crippen LogP contribution in [0.15, 0.2) is 0 Å². The maximum Gasteiger partial charge on any atom is 0.240 e. The second-order valence-electron chi connectivity index (χ2n) is 5.44. The van der Waals surface area contributed by atoms with Crippen molar-refractivity contribution in [3.8, 4) is 6.07 Å². The SMILES string of the molecule is CC(C)C(C#N)C(=O)N1CCCC1CN(C)C. The molecule has 4 nitrogen and oxygen atoms in total. The number of likely N-dealkylation sites (N-methyl/N-ethyl adjacent to an activating group) is 1. The van der Waals surface area contributed by atoms with E-state index in [4.69, 9.17) is 5.26 Å². The van der Waals surface area contributed by atoms with Crippen LogP contribution >= 0.6 is 0 Å². The topological polar surface area (TPSA) is 47.3 Å². The van der Waals surface area contributed by atoms with Crippen molar-refractivity contribution in [1.82, 2.24) is 9.80 Å². The number of rotatable bonds is 4. The largest absolute Gasteiger partial charge is 0.337 e. The average Bonchev–Trinajstić information content (AvgIpc) is 2.65. The third-order valence-electron chi connectivity index (χ3n) is 3.31. The number of hydrogen-bond donors (Lipinski definition) is 0. The lowest BCUT2D eigenvalue weighted by atomic mass is 9.95. The van der Waals surface area contributed by atoms with E-state index in [9.17, 15) is 4.79 Å². The minimum atomic E-state index is -0.488. The fourth-order valence-electron chi connectivity index (χ4n) is 2.41. The van der Waals surface area contributed by atoms with Crippen LogP contribution in [0.1, 0.15) is 26.7 Å². The Bertz CT molecular complexity index is 306. The van der Waals surface area contributed by atoms with Crippen molar-refractivity contribution in [1.29, 1.82) is 5.26 Å². The van der Waals surface area contributed by atoms with E-state index in [1.807, 2.05) is 32.8 Å².